The van der Waals surface area contributed by atoms with Crippen molar-refractivity contribution in [2.75, 3.05) is 32.7 Å². The lowest BCUT2D eigenvalue weighted by Gasteiger charge is -2.36. The van der Waals surface area contributed by atoms with Crippen molar-refractivity contribution in [1.29, 1.82) is 0 Å². The summed E-state index contributed by atoms with van der Waals surface area (Å²) in [6.07, 6.45) is 1.59. The van der Waals surface area contributed by atoms with Crippen LogP contribution < -0.4 is 5.32 Å². The molecule has 0 amide bonds. The van der Waals surface area contributed by atoms with E-state index in [1.165, 1.54) is 6.07 Å². The Morgan fingerprint density at radius 2 is 2.07 bits per heavy atom. The van der Waals surface area contributed by atoms with Crippen LogP contribution in [-0.2, 0) is 13.1 Å². The van der Waals surface area contributed by atoms with Crippen LogP contribution in [-0.4, -0.2) is 58.6 Å². The molecule has 9 nitrogen and oxygen atoms in total. The first-order valence-corrected chi connectivity index (χ1v) is 9.04. The van der Waals surface area contributed by atoms with Gasteiger partial charge in [0.1, 0.15) is 6.26 Å². The molecule has 144 valence electrons. The Morgan fingerprint density at radius 1 is 1.30 bits per heavy atom. The van der Waals surface area contributed by atoms with Gasteiger partial charge in [-0.05, 0) is 6.92 Å². The van der Waals surface area contributed by atoms with Gasteiger partial charge < -0.3 is 14.7 Å². The van der Waals surface area contributed by atoms with E-state index in [2.05, 4.69) is 25.3 Å². The predicted octanol–water partition coefficient (Wildman–Crippen LogP) is 1.87. The highest BCUT2D eigenvalue weighted by Crippen LogP contribution is 2.18. The maximum absolute atomic E-state index is 11.2. The third kappa shape index (κ3) is 5.04. The summed E-state index contributed by atoms with van der Waals surface area (Å²) in [5, 5.41) is 18.4. The van der Waals surface area contributed by atoms with Crippen LogP contribution in [0.2, 0.25) is 0 Å². The summed E-state index contributed by atoms with van der Waals surface area (Å²) in [6.45, 7) is 7.26. The Labute approximate surface area is 157 Å². The quantitative estimate of drug-likeness (QED) is 0.357. The third-order valence-electron chi connectivity index (χ3n) is 4.47. The molecule has 1 aromatic heterocycles. The molecule has 0 unspecified atom stereocenters. The molecule has 0 saturated carbocycles. The Balaban J connectivity index is 1.62. The molecule has 2 heterocycles. The van der Waals surface area contributed by atoms with Crippen LogP contribution in [0.4, 0.5) is 5.69 Å². The van der Waals surface area contributed by atoms with Crippen molar-refractivity contribution in [2.24, 2.45) is 4.99 Å². The van der Waals surface area contributed by atoms with Crippen LogP contribution in [0.5, 0.6) is 0 Å². The van der Waals surface area contributed by atoms with Crippen molar-refractivity contribution in [2.45, 2.75) is 20.0 Å². The zero-order valence-electron chi connectivity index (χ0n) is 15.4. The summed E-state index contributed by atoms with van der Waals surface area (Å²) in [7, 11) is 0. The van der Waals surface area contributed by atoms with Crippen LogP contribution in [0, 0.1) is 10.1 Å². The standard InChI is InChI=1S/C18H24N6O3/c1-2-19-18(20-13-15-5-3-4-6-17(15)24(25)26)23-10-8-22(9-11-23)14-16-7-12-27-21-16/h3-7,12H,2,8-11,13-14H2,1H3,(H,19,20). The highest BCUT2D eigenvalue weighted by molar-refractivity contribution is 5.80. The zero-order chi connectivity index (χ0) is 19.1. The van der Waals surface area contributed by atoms with Gasteiger partial charge >= 0.3 is 0 Å². The fraction of sp³-hybridized carbons (Fsp3) is 0.444. The number of nitrogens with one attached hydrogen (secondary N) is 1. The number of aromatic nitrogens is 1. The first kappa shape index (κ1) is 18.8. The van der Waals surface area contributed by atoms with Crippen molar-refractivity contribution < 1.29 is 9.45 Å². The number of rotatable bonds is 6. The second kappa shape index (κ2) is 9.13. The second-order valence-corrected chi connectivity index (χ2v) is 6.31. The van der Waals surface area contributed by atoms with E-state index in [9.17, 15) is 10.1 Å². The summed E-state index contributed by atoms with van der Waals surface area (Å²) >= 11 is 0. The van der Waals surface area contributed by atoms with Gasteiger partial charge in [-0.25, -0.2) is 4.99 Å². The smallest absolute Gasteiger partial charge is 0.274 e. The number of para-hydroxylation sites is 1. The van der Waals surface area contributed by atoms with Gasteiger partial charge in [0, 0.05) is 51.4 Å². The number of piperazine rings is 1. The Morgan fingerprint density at radius 3 is 2.74 bits per heavy atom. The van der Waals surface area contributed by atoms with Gasteiger partial charge in [-0.2, -0.15) is 0 Å². The largest absolute Gasteiger partial charge is 0.364 e. The van der Waals surface area contributed by atoms with Crippen molar-refractivity contribution in [3.8, 4) is 0 Å². The molecule has 0 spiro atoms. The van der Waals surface area contributed by atoms with Crippen molar-refractivity contribution in [1.82, 2.24) is 20.3 Å². The van der Waals surface area contributed by atoms with E-state index in [4.69, 9.17) is 4.52 Å². The maximum Gasteiger partial charge on any atom is 0.274 e. The van der Waals surface area contributed by atoms with Gasteiger partial charge in [-0.1, -0.05) is 23.4 Å². The number of nitro benzene ring substituents is 1. The molecule has 3 rings (SSSR count). The minimum absolute atomic E-state index is 0.106. The number of hydrogen-bond acceptors (Lipinski definition) is 6. The molecular formula is C18H24N6O3. The molecule has 1 aliphatic heterocycles. The van der Waals surface area contributed by atoms with Crippen molar-refractivity contribution in [3.63, 3.8) is 0 Å². The highest BCUT2D eigenvalue weighted by Gasteiger charge is 2.20. The van der Waals surface area contributed by atoms with Crippen LogP contribution >= 0.6 is 0 Å². The van der Waals surface area contributed by atoms with Crippen molar-refractivity contribution in [3.05, 3.63) is 58.0 Å². The molecule has 0 radical (unpaired) electrons. The molecule has 1 aliphatic rings. The molecular weight excluding hydrogens is 348 g/mol. The lowest BCUT2D eigenvalue weighted by Crippen LogP contribution is -2.52. The normalized spacial score (nSPS) is 15.7. The fourth-order valence-corrected chi connectivity index (χ4v) is 3.07. The molecule has 0 aliphatic carbocycles. The Hall–Kier alpha value is -2.94. The van der Waals surface area contributed by atoms with Gasteiger partial charge in [0.05, 0.1) is 22.7 Å². The van der Waals surface area contributed by atoms with Gasteiger partial charge in [-0.15, -0.1) is 0 Å². The Kier molecular flexibility index (Phi) is 6.37. The Bertz CT molecular complexity index is 769. The molecule has 1 aromatic carbocycles. The lowest BCUT2D eigenvalue weighted by atomic mass is 10.2. The SMILES string of the molecule is CCNC(=NCc1ccccc1[N+](=O)[O-])N1CCN(Cc2ccon2)CC1. The van der Waals surface area contributed by atoms with E-state index in [1.807, 2.05) is 13.0 Å². The third-order valence-corrected chi connectivity index (χ3v) is 4.47. The van der Waals surface area contributed by atoms with E-state index >= 15 is 0 Å². The van der Waals surface area contributed by atoms with Crippen LogP contribution in [0.25, 0.3) is 0 Å². The molecule has 0 bridgehead atoms. The summed E-state index contributed by atoms with van der Waals surface area (Å²) < 4.78 is 4.88. The van der Waals surface area contributed by atoms with E-state index in [0.29, 0.717) is 5.56 Å². The minimum Gasteiger partial charge on any atom is -0.364 e. The molecule has 0 atom stereocenters. The topological polar surface area (TPSA) is 100 Å². The van der Waals surface area contributed by atoms with E-state index < -0.39 is 0 Å². The number of benzene rings is 1. The van der Waals surface area contributed by atoms with Gasteiger partial charge in [0.15, 0.2) is 5.96 Å². The summed E-state index contributed by atoms with van der Waals surface area (Å²) in [4.78, 5) is 20.0. The summed E-state index contributed by atoms with van der Waals surface area (Å²) in [6, 6.07) is 8.62. The number of aliphatic imine (C=N–C) groups is 1. The van der Waals surface area contributed by atoms with Crippen LogP contribution in [0.3, 0.4) is 0 Å². The number of guanidine groups is 1. The average molecular weight is 372 g/mol. The molecule has 1 N–H and O–H groups in total. The highest BCUT2D eigenvalue weighted by atomic mass is 16.6. The second-order valence-electron chi connectivity index (χ2n) is 6.31. The van der Waals surface area contributed by atoms with E-state index in [1.54, 1.807) is 24.5 Å². The number of nitrogens with zero attached hydrogens (tertiary/aromatic N) is 5. The summed E-state index contributed by atoms with van der Waals surface area (Å²) in [5.41, 5.74) is 1.65. The molecule has 2 aromatic rings. The monoisotopic (exact) mass is 372 g/mol. The maximum atomic E-state index is 11.2. The lowest BCUT2D eigenvalue weighted by molar-refractivity contribution is -0.385. The van der Waals surface area contributed by atoms with Gasteiger partial charge in [0.25, 0.3) is 5.69 Å². The summed E-state index contributed by atoms with van der Waals surface area (Å²) in [5.74, 6) is 0.789. The average Bonchev–Trinajstić information content (AvgIpc) is 3.19. The molecule has 1 fully saturated rings. The van der Waals surface area contributed by atoms with Crippen molar-refractivity contribution >= 4 is 11.6 Å². The number of nitro groups is 1. The predicted molar refractivity (Wildman–Crippen MR) is 101 cm³/mol. The fourth-order valence-electron chi connectivity index (χ4n) is 3.07. The molecule has 27 heavy (non-hydrogen) atoms. The van der Waals surface area contributed by atoms with Crippen LogP contribution in [0.1, 0.15) is 18.2 Å². The van der Waals surface area contributed by atoms with E-state index in [-0.39, 0.29) is 17.2 Å². The van der Waals surface area contributed by atoms with Gasteiger partial charge in [0.2, 0.25) is 0 Å². The first-order chi connectivity index (χ1) is 13.2. The minimum atomic E-state index is -0.361. The van der Waals surface area contributed by atoms with E-state index in [0.717, 1.165) is 50.9 Å². The number of hydrogen-bond donors (Lipinski definition) is 1. The first-order valence-electron chi connectivity index (χ1n) is 9.04. The zero-order valence-corrected chi connectivity index (χ0v) is 15.4. The molecule has 1 saturated heterocycles. The van der Waals surface area contributed by atoms with Gasteiger partial charge in [-0.3, -0.25) is 15.0 Å². The van der Waals surface area contributed by atoms with Crippen LogP contribution in [0.15, 0.2) is 46.1 Å². The molecule has 9 heteroatoms.